The van der Waals surface area contributed by atoms with E-state index < -0.39 is 0 Å². The first kappa shape index (κ1) is 18.9. The Morgan fingerprint density at radius 1 is 1.18 bits per heavy atom. The van der Waals surface area contributed by atoms with Gasteiger partial charge in [-0.25, -0.2) is 9.50 Å². The summed E-state index contributed by atoms with van der Waals surface area (Å²) < 4.78 is 2.51. The lowest BCUT2D eigenvalue weighted by Gasteiger charge is -2.05. The summed E-state index contributed by atoms with van der Waals surface area (Å²) in [7, 11) is 0. The van der Waals surface area contributed by atoms with Crippen molar-refractivity contribution in [3.05, 3.63) is 72.6 Å². The second kappa shape index (κ2) is 7.51. The molecular weight excluding hydrogens is 469 g/mol. The molecule has 0 spiro atoms. The molecule has 8 heteroatoms. The standard InChI is InChI=1S/C20H20IN5O2/c1-11-16(12(2)24-23-11)8-7-15-9-18(28)26-20(22-15)19(17(10-27)25-26)13-3-5-14(21)6-4-13/h3-6,9,25,27H,7-8,10H2,1-2H3,(H,23,24). The summed E-state index contributed by atoms with van der Waals surface area (Å²) in [6.45, 7) is 3.77. The Labute approximate surface area is 175 Å². The third-order valence-corrected chi connectivity index (χ3v) is 5.67. The van der Waals surface area contributed by atoms with E-state index in [2.05, 4.69) is 37.9 Å². The minimum Gasteiger partial charge on any atom is -0.390 e. The number of aryl methyl sites for hydroxylation is 3. The van der Waals surface area contributed by atoms with Crippen LogP contribution in [0.5, 0.6) is 0 Å². The highest BCUT2D eigenvalue weighted by Gasteiger charge is 2.17. The van der Waals surface area contributed by atoms with E-state index in [1.165, 1.54) is 4.52 Å². The molecule has 4 rings (SSSR count). The van der Waals surface area contributed by atoms with Crippen LogP contribution in [0.1, 0.15) is 28.3 Å². The van der Waals surface area contributed by atoms with E-state index in [-0.39, 0.29) is 12.2 Å². The minimum atomic E-state index is -0.202. The zero-order chi connectivity index (χ0) is 19.8. The molecule has 1 aromatic carbocycles. The van der Waals surface area contributed by atoms with Gasteiger partial charge in [0.25, 0.3) is 5.56 Å². The largest absolute Gasteiger partial charge is 0.390 e. The van der Waals surface area contributed by atoms with Gasteiger partial charge < -0.3 is 5.11 Å². The Morgan fingerprint density at radius 2 is 1.93 bits per heavy atom. The number of nitrogens with one attached hydrogen (secondary N) is 2. The van der Waals surface area contributed by atoms with Crippen LogP contribution in [0, 0.1) is 17.4 Å². The van der Waals surface area contributed by atoms with E-state index in [0.29, 0.717) is 17.8 Å². The number of halogens is 1. The predicted octanol–water partition coefficient (Wildman–Crippen LogP) is 2.91. The van der Waals surface area contributed by atoms with Crippen LogP contribution in [0.15, 0.2) is 35.1 Å². The normalized spacial score (nSPS) is 11.4. The van der Waals surface area contributed by atoms with Crippen molar-refractivity contribution in [2.24, 2.45) is 0 Å². The van der Waals surface area contributed by atoms with Gasteiger partial charge in [0.1, 0.15) is 0 Å². The Morgan fingerprint density at radius 3 is 2.57 bits per heavy atom. The van der Waals surface area contributed by atoms with Crippen LogP contribution < -0.4 is 5.56 Å². The van der Waals surface area contributed by atoms with E-state index >= 15 is 0 Å². The maximum atomic E-state index is 12.7. The van der Waals surface area contributed by atoms with Gasteiger partial charge in [-0.1, -0.05) is 12.1 Å². The molecule has 28 heavy (non-hydrogen) atoms. The summed E-state index contributed by atoms with van der Waals surface area (Å²) in [5, 5.41) is 20.0. The van der Waals surface area contributed by atoms with Gasteiger partial charge in [-0.15, -0.1) is 0 Å². The van der Waals surface area contributed by atoms with E-state index in [1.54, 1.807) is 6.07 Å². The van der Waals surface area contributed by atoms with E-state index in [4.69, 9.17) is 4.98 Å². The summed E-state index contributed by atoms with van der Waals surface area (Å²) in [6, 6.07) is 9.48. The maximum absolute atomic E-state index is 12.7. The fourth-order valence-corrected chi connectivity index (χ4v) is 3.85. The quantitative estimate of drug-likeness (QED) is 0.376. The molecule has 0 aliphatic rings. The Kier molecular flexibility index (Phi) is 5.07. The maximum Gasteiger partial charge on any atom is 0.272 e. The van der Waals surface area contributed by atoms with Crippen molar-refractivity contribution in [3.8, 4) is 11.1 Å². The molecule has 0 amide bonds. The van der Waals surface area contributed by atoms with Gasteiger partial charge in [0, 0.05) is 26.6 Å². The van der Waals surface area contributed by atoms with Crippen LogP contribution >= 0.6 is 22.6 Å². The molecule has 3 N–H and O–H groups in total. The van der Waals surface area contributed by atoms with Crippen LogP contribution in [0.4, 0.5) is 0 Å². The van der Waals surface area contributed by atoms with Gasteiger partial charge in [-0.05, 0) is 72.5 Å². The molecule has 0 atom stereocenters. The topological polar surface area (TPSA) is 99.1 Å². The average Bonchev–Trinajstić information content (AvgIpc) is 3.21. The lowest BCUT2D eigenvalue weighted by molar-refractivity contribution is 0.276. The van der Waals surface area contributed by atoms with Crippen molar-refractivity contribution in [2.45, 2.75) is 33.3 Å². The predicted molar refractivity (Wildman–Crippen MR) is 115 cm³/mol. The summed E-state index contributed by atoms with van der Waals surface area (Å²) in [5.41, 5.74) is 6.48. The molecule has 3 aromatic heterocycles. The molecule has 0 fully saturated rings. The molecule has 0 unspecified atom stereocenters. The number of rotatable bonds is 5. The lowest BCUT2D eigenvalue weighted by Crippen LogP contribution is -2.16. The molecule has 0 bridgehead atoms. The summed E-state index contributed by atoms with van der Waals surface area (Å²) in [4.78, 5) is 17.4. The van der Waals surface area contributed by atoms with E-state index in [0.717, 1.165) is 43.8 Å². The molecule has 144 valence electrons. The molecule has 0 radical (unpaired) electrons. The third kappa shape index (κ3) is 3.37. The highest BCUT2D eigenvalue weighted by molar-refractivity contribution is 14.1. The Balaban J connectivity index is 1.79. The molecule has 0 saturated carbocycles. The summed E-state index contributed by atoms with van der Waals surface area (Å²) in [6.07, 6.45) is 1.39. The number of fused-ring (bicyclic) bond motifs is 1. The number of aromatic nitrogens is 5. The number of H-pyrrole nitrogens is 2. The van der Waals surface area contributed by atoms with Gasteiger partial charge in [0.2, 0.25) is 0 Å². The number of hydrogen-bond donors (Lipinski definition) is 3. The van der Waals surface area contributed by atoms with Crippen LogP contribution in [0.2, 0.25) is 0 Å². The fraction of sp³-hybridized carbons (Fsp3) is 0.250. The molecule has 0 saturated heterocycles. The molecule has 0 aliphatic heterocycles. The van der Waals surface area contributed by atoms with Crippen LogP contribution in [0.25, 0.3) is 16.8 Å². The Hall–Kier alpha value is -2.46. The smallest absolute Gasteiger partial charge is 0.272 e. The molecule has 0 aliphatic carbocycles. The lowest BCUT2D eigenvalue weighted by atomic mass is 10.1. The second-order valence-corrected chi connectivity index (χ2v) is 8.03. The van der Waals surface area contributed by atoms with Crippen LogP contribution in [0.3, 0.4) is 0 Å². The van der Waals surface area contributed by atoms with Crippen molar-refractivity contribution in [2.75, 3.05) is 0 Å². The van der Waals surface area contributed by atoms with E-state index in [1.807, 2.05) is 38.1 Å². The van der Waals surface area contributed by atoms with Crippen molar-refractivity contribution in [3.63, 3.8) is 0 Å². The fourth-order valence-electron chi connectivity index (χ4n) is 3.49. The molecular formula is C20H20IN5O2. The molecule has 3 heterocycles. The van der Waals surface area contributed by atoms with Crippen molar-refractivity contribution < 1.29 is 5.11 Å². The average molecular weight is 489 g/mol. The van der Waals surface area contributed by atoms with Gasteiger partial charge in [-0.2, -0.15) is 5.10 Å². The number of hydrogen-bond acceptors (Lipinski definition) is 4. The number of aromatic amines is 2. The third-order valence-electron chi connectivity index (χ3n) is 4.95. The minimum absolute atomic E-state index is 0.188. The van der Waals surface area contributed by atoms with Gasteiger partial charge in [0.05, 0.1) is 18.0 Å². The first-order valence-electron chi connectivity index (χ1n) is 8.98. The summed E-state index contributed by atoms with van der Waals surface area (Å²) in [5.74, 6) is 0. The SMILES string of the molecule is Cc1n[nH]c(C)c1CCc1cc(=O)n2[nH]c(CO)c(-c3ccc(I)cc3)c2n1. The second-order valence-electron chi connectivity index (χ2n) is 6.79. The van der Waals surface area contributed by atoms with Gasteiger partial charge in [-0.3, -0.25) is 15.0 Å². The molecule has 7 nitrogen and oxygen atoms in total. The summed E-state index contributed by atoms with van der Waals surface area (Å²) >= 11 is 2.25. The van der Waals surface area contributed by atoms with Crippen molar-refractivity contribution >= 4 is 28.2 Å². The number of benzene rings is 1. The Bertz CT molecular complexity index is 1180. The zero-order valence-electron chi connectivity index (χ0n) is 15.6. The highest BCUT2D eigenvalue weighted by atomic mass is 127. The van der Waals surface area contributed by atoms with Gasteiger partial charge in [0.15, 0.2) is 5.65 Å². The zero-order valence-corrected chi connectivity index (χ0v) is 17.7. The number of aliphatic hydroxyl groups is 1. The molecule has 4 aromatic rings. The first-order valence-corrected chi connectivity index (χ1v) is 10.1. The number of aliphatic hydroxyl groups excluding tert-OH is 1. The van der Waals surface area contributed by atoms with Gasteiger partial charge >= 0.3 is 0 Å². The van der Waals surface area contributed by atoms with E-state index in [9.17, 15) is 9.90 Å². The number of nitrogens with zero attached hydrogens (tertiary/aromatic N) is 3. The van der Waals surface area contributed by atoms with Crippen LogP contribution in [-0.2, 0) is 19.4 Å². The first-order chi connectivity index (χ1) is 13.5. The highest BCUT2D eigenvalue weighted by Crippen LogP contribution is 2.28. The monoisotopic (exact) mass is 489 g/mol. The van der Waals surface area contributed by atoms with Crippen molar-refractivity contribution in [1.29, 1.82) is 0 Å². The van der Waals surface area contributed by atoms with Crippen molar-refractivity contribution in [1.82, 2.24) is 24.8 Å². The van der Waals surface area contributed by atoms with Crippen LogP contribution in [-0.4, -0.2) is 29.9 Å².